The predicted molar refractivity (Wildman–Crippen MR) is 233 cm³/mol. The summed E-state index contributed by atoms with van der Waals surface area (Å²) in [5, 5.41) is 11.6. The highest BCUT2D eigenvalue weighted by Gasteiger charge is 2.45. The molecular formula is C45H50F2N12O4. The maximum atomic E-state index is 15.1. The first-order valence-electron chi connectivity index (χ1n) is 21.2. The van der Waals surface area contributed by atoms with Gasteiger partial charge in [0.15, 0.2) is 11.6 Å². The average Bonchev–Trinajstić information content (AvgIpc) is 3.74. The summed E-state index contributed by atoms with van der Waals surface area (Å²) in [7, 11) is 0. The van der Waals surface area contributed by atoms with Gasteiger partial charge in [0.05, 0.1) is 29.4 Å². The Hall–Kier alpha value is -6.66. The Kier molecular flexibility index (Phi) is 12.5. The number of amides is 4. The van der Waals surface area contributed by atoms with Gasteiger partial charge in [-0.3, -0.25) is 29.0 Å². The molecule has 4 N–H and O–H groups in total. The van der Waals surface area contributed by atoms with Crippen LogP contribution >= 0.6 is 0 Å². The molecule has 2 aromatic carbocycles. The van der Waals surface area contributed by atoms with Gasteiger partial charge in [0, 0.05) is 68.5 Å². The van der Waals surface area contributed by atoms with E-state index in [-0.39, 0.29) is 52.3 Å². The number of rotatable bonds is 15. The molecule has 16 nitrogen and oxygen atoms in total. The SMILES string of the molecule is C=C1CCC(N2C(=O)c3cccc(NCC(=O)NCCCCN4CCN(Cc5ccc(Nc6ncc(F)c(-c7cc(F)c8nc(C)n(C(C)C)c8c7)n6)nc5)CC4)c3C2=O)C(=O)N1. The van der Waals surface area contributed by atoms with E-state index in [0.717, 1.165) is 68.8 Å². The van der Waals surface area contributed by atoms with Crippen LogP contribution in [0.3, 0.4) is 0 Å². The van der Waals surface area contributed by atoms with Crippen molar-refractivity contribution in [2.75, 3.05) is 56.4 Å². The lowest BCUT2D eigenvalue weighted by Crippen LogP contribution is -2.51. The average molecular weight is 861 g/mol. The number of aromatic nitrogens is 5. The number of carbonyl (C=O) groups is 4. The Morgan fingerprint density at radius 3 is 2.49 bits per heavy atom. The Morgan fingerprint density at radius 1 is 0.952 bits per heavy atom. The summed E-state index contributed by atoms with van der Waals surface area (Å²) in [6, 6.07) is 10.7. The number of hydrogen-bond donors (Lipinski definition) is 4. The van der Waals surface area contributed by atoms with E-state index in [9.17, 15) is 19.2 Å². The van der Waals surface area contributed by atoms with Crippen LogP contribution in [0.2, 0.25) is 0 Å². The Balaban J connectivity index is 0.744. The van der Waals surface area contributed by atoms with Crippen molar-refractivity contribution in [1.29, 1.82) is 0 Å². The fraction of sp³-hybridized carbons (Fsp3) is 0.378. The van der Waals surface area contributed by atoms with Gasteiger partial charge < -0.3 is 30.7 Å². The zero-order chi connectivity index (χ0) is 44.4. The molecule has 0 radical (unpaired) electrons. The van der Waals surface area contributed by atoms with Crippen molar-refractivity contribution in [1.82, 2.24) is 49.8 Å². The Labute approximate surface area is 363 Å². The first kappa shape index (κ1) is 43.0. The number of anilines is 3. The molecule has 3 aromatic heterocycles. The molecule has 2 fully saturated rings. The molecule has 0 bridgehead atoms. The number of halogens is 2. The number of nitrogens with zero attached hydrogens (tertiary/aromatic N) is 8. The molecule has 0 aliphatic carbocycles. The van der Waals surface area contributed by atoms with Gasteiger partial charge in [-0.2, -0.15) is 0 Å². The van der Waals surface area contributed by atoms with Crippen molar-refractivity contribution in [3.05, 3.63) is 101 Å². The maximum absolute atomic E-state index is 15.1. The highest BCUT2D eigenvalue weighted by Crippen LogP contribution is 2.33. The van der Waals surface area contributed by atoms with Crippen LogP contribution in [0, 0.1) is 18.6 Å². The molecule has 5 aromatic rings. The molecule has 3 aliphatic rings. The number of fused-ring (bicyclic) bond motifs is 2. The second-order valence-electron chi connectivity index (χ2n) is 16.4. The van der Waals surface area contributed by atoms with E-state index in [2.05, 4.69) is 57.6 Å². The van der Waals surface area contributed by atoms with E-state index in [4.69, 9.17) is 0 Å². The summed E-state index contributed by atoms with van der Waals surface area (Å²) < 4.78 is 32.1. The van der Waals surface area contributed by atoms with Crippen LogP contribution in [-0.4, -0.2) is 115 Å². The zero-order valence-corrected chi connectivity index (χ0v) is 35.5. The van der Waals surface area contributed by atoms with Gasteiger partial charge in [0.2, 0.25) is 17.8 Å². The van der Waals surface area contributed by atoms with Crippen LogP contribution in [0.15, 0.2) is 67.1 Å². The van der Waals surface area contributed by atoms with Gasteiger partial charge in [0.25, 0.3) is 11.8 Å². The smallest absolute Gasteiger partial charge is 0.264 e. The molecule has 2 saturated heterocycles. The van der Waals surface area contributed by atoms with Gasteiger partial charge in [-0.1, -0.05) is 18.7 Å². The highest BCUT2D eigenvalue weighted by atomic mass is 19.1. The van der Waals surface area contributed by atoms with Crippen LogP contribution in [0.1, 0.15) is 77.7 Å². The molecular weight excluding hydrogens is 811 g/mol. The standard InChI is InChI=1S/C45H50F2N12O4/c1-26(2)58-28(4)53-41-32(46)20-30(21-36(41)58)40-33(47)23-51-45(55-40)54-37-13-11-29(22-50-37)25-57-18-16-56(17-19-57)15-6-5-14-48-38(60)24-49-34-9-7-8-31-39(34)44(63)59(43(31)62)35-12-10-27(3)52-42(35)61/h7-9,11,13,20-23,26,35,49H,3,5-6,10,12,14-19,24-25H2,1-2,4H3,(H,48,60)(H,52,61)(H,50,51,54,55). The van der Waals surface area contributed by atoms with Crippen LogP contribution in [0.5, 0.6) is 0 Å². The van der Waals surface area contributed by atoms with E-state index in [1.54, 1.807) is 30.5 Å². The maximum Gasteiger partial charge on any atom is 0.264 e. The molecule has 0 spiro atoms. The topological polar surface area (TPSA) is 183 Å². The van der Waals surface area contributed by atoms with E-state index in [1.807, 2.05) is 37.5 Å². The van der Waals surface area contributed by atoms with E-state index >= 15 is 8.78 Å². The zero-order valence-electron chi connectivity index (χ0n) is 35.5. The van der Waals surface area contributed by atoms with Gasteiger partial charge in [-0.15, -0.1) is 0 Å². The number of pyridine rings is 1. The monoisotopic (exact) mass is 860 g/mol. The molecule has 8 rings (SSSR count). The number of imidazole rings is 1. The van der Waals surface area contributed by atoms with Crippen molar-refractivity contribution >= 4 is 52.1 Å². The second-order valence-corrected chi connectivity index (χ2v) is 16.4. The first-order chi connectivity index (χ1) is 30.3. The second kappa shape index (κ2) is 18.4. The minimum Gasteiger partial charge on any atom is -0.375 e. The number of piperidine rings is 1. The third-order valence-corrected chi connectivity index (χ3v) is 11.6. The largest absolute Gasteiger partial charge is 0.375 e. The van der Waals surface area contributed by atoms with E-state index in [0.29, 0.717) is 47.9 Å². The molecule has 18 heteroatoms. The minimum absolute atomic E-state index is 0.0315. The van der Waals surface area contributed by atoms with Crippen molar-refractivity contribution in [3.8, 4) is 11.3 Å². The first-order valence-corrected chi connectivity index (χ1v) is 21.2. The summed E-state index contributed by atoms with van der Waals surface area (Å²) in [5.74, 6) is -1.68. The number of piperazine rings is 1. The van der Waals surface area contributed by atoms with Crippen molar-refractivity contribution in [3.63, 3.8) is 0 Å². The molecule has 328 valence electrons. The van der Waals surface area contributed by atoms with Crippen LogP contribution < -0.4 is 21.3 Å². The van der Waals surface area contributed by atoms with Gasteiger partial charge in [0.1, 0.15) is 28.9 Å². The normalized spacial score (nSPS) is 17.1. The summed E-state index contributed by atoms with van der Waals surface area (Å²) in [4.78, 5) is 74.9. The van der Waals surface area contributed by atoms with E-state index < -0.39 is 35.4 Å². The molecule has 1 unspecified atom stereocenters. The summed E-state index contributed by atoms with van der Waals surface area (Å²) in [6.07, 6.45) is 5.36. The molecule has 0 saturated carbocycles. The number of carbonyl (C=O) groups excluding carboxylic acids is 4. The number of imide groups is 1. The summed E-state index contributed by atoms with van der Waals surface area (Å²) in [6.45, 7) is 15.3. The molecule has 63 heavy (non-hydrogen) atoms. The summed E-state index contributed by atoms with van der Waals surface area (Å²) in [5.41, 5.74) is 3.39. The van der Waals surface area contributed by atoms with Crippen molar-refractivity contribution in [2.45, 2.75) is 65.1 Å². The third kappa shape index (κ3) is 9.27. The predicted octanol–water partition coefficient (Wildman–Crippen LogP) is 5.31. The molecule has 4 amide bonds. The minimum atomic E-state index is -0.909. The van der Waals surface area contributed by atoms with Gasteiger partial charge in [-0.05, 0) is 88.9 Å². The lowest BCUT2D eigenvalue weighted by atomic mass is 10.0. The fourth-order valence-electron chi connectivity index (χ4n) is 8.49. The fourth-order valence-corrected chi connectivity index (χ4v) is 8.49. The van der Waals surface area contributed by atoms with Gasteiger partial charge in [-0.25, -0.2) is 28.7 Å². The molecule has 6 heterocycles. The number of aryl methyl sites for hydroxylation is 1. The summed E-state index contributed by atoms with van der Waals surface area (Å²) >= 11 is 0. The van der Waals surface area contributed by atoms with Gasteiger partial charge >= 0.3 is 0 Å². The lowest BCUT2D eigenvalue weighted by molar-refractivity contribution is -0.125. The van der Waals surface area contributed by atoms with E-state index in [1.165, 1.54) is 6.07 Å². The van der Waals surface area contributed by atoms with Crippen LogP contribution in [0.25, 0.3) is 22.3 Å². The highest BCUT2D eigenvalue weighted by molar-refractivity contribution is 6.25. The lowest BCUT2D eigenvalue weighted by Gasteiger charge is -2.34. The number of unbranched alkanes of at least 4 members (excludes halogenated alkanes) is 1. The quantitative estimate of drug-likeness (QED) is 0.0788. The van der Waals surface area contributed by atoms with Crippen molar-refractivity contribution < 1.29 is 28.0 Å². The number of hydrogen-bond acceptors (Lipinski definition) is 12. The molecule has 1 atom stereocenters. The van der Waals surface area contributed by atoms with Crippen LogP contribution in [-0.2, 0) is 16.1 Å². The van der Waals surface area contributed by atoms with Crippen LogP contribution in [0.4, 0.5) is 26.2 Å². The number of nitrogens with one attached hydrogen (secondary N) is 4. The third-order valence-electron chi connectivity index (χ3n) is 11.6. The number of benzene rings is 2. The van der Waals surface area contributed by atoms with Crippen molar-refractivity contribution in [2.24, 2.45) is 0 Å². The number of allylic oxidation sites excluding steroid dienone is 1. The molecule has 3 aliphatic heterocycles. The Morgan fingerprint density at radius 2 is 1.75 bits per heavy atom. The Bertz CT molecular complexity index is 2590.